The Balaban J connectivity index is 1.94. The lowest BCUT2D eigenvalue weighted by atomic mass is 9.90. The SMILES string of the molecule is COc1ccc(C(C)NC(C)C2CCN(C)CC2)cc1Br. The van der Waals surface area contributed by atoms with Gasteiger partial charge in [0.1, 0.15) is 5.75 Å². The van der Waals surface area contributed by atoms with Crippen molar-refractivity contribution in [3.8, 4) is 5.75 Å². The molecule has 1 heterocycles. The fraction of sp³-hybridized carbons (Fsp3) is 0.647. The molecule has 0 spiro atoms. The summed E-state index contributed by atoms with van der Waals surface area (Å²) in [5.41, 5.74) is 1.29. The standard InChI is InChI=1S/C17H27BrN2O/c1-12(14-7-9-20(3)10-8-14)19-13(2)15-5-6-17(21-4)16(18)11-15/h5-6,11-14,19H,7-10H2,1-4H3. The Labute approximate surface area is 137 Å². The number of nitrogens with one attached hydrogen (secondary N) is 1. The molecule has 21 heavy (non-hydrogen) atoms. The van der Waals surface area contributed by atoms with E-state index in [-0.39, 0.29) is 0 Å². The molecule has 1 aliphatic heterocycles. The molecule has 1 fully saturated rings. The molecule has 0 saturated carbocycles. The van der Waals surface area contributed by atoms with Gasteiger partial charge in [0.05, 0.1) is 11.6 Å². The minimum Gasteiger partial charge on any atom is -0.496 e. The molecule has 1 aromatic carbocycles. The van der Waals surface area contributed by atoms with Gasteiger partial charge in [-0.2, -0.15) is 0 Å². The van der Waals surface area contributed by atoms with Gasteiger partial charge in [0.15, 0.2) is 0 Å². The first-order valence-corrected chi connectivity index (χ1v) is 8.58. The van der Waals surface area contributed by atoms with Crippen molar-refractivity contribution in [1.29, 1.82) is 0 Å². The second-order valence-corrected chi connectivity index (χ2v) is 7.07. The summed E-state index contributed by atoms with van der Waals surface area (Å²) in [6.07, 6.45) is 2.59. The van der Waals surface area contributed by atoms with E-state index in [2.05, 4.69) is 59.2 Å². The van der Waals surface area contributed by atoms with Crippen LogP contribution in [0.1, 0.15) is 38.3 Å². The van der Waals surface area contributed by atoms with Gasteiger partial charge in [0.25, 0.3) is 0 Å². The van der Waals surface area contributed by atoms with Crippen LogP contribution in [0.25, 0.3) is 0 Å². The molecular formula is C17H27BrN2O. The van der Waals surface area contributed by atoms with E-state index >= 15 is 0 Å². The molecule has 0 radical (unpaired) electrons. The molecule has 0 aromatic heterocycles. The number of likely N-dealkylation sites (tertiary alicyclic amines) is 1. The molecule has 2 atom stereocenters. The zero-order chi connectivity index (χ0) is 15.4. The van der Waals surface area contributed by atoms with Crippen molar-refractivity contribution in [1.82, 2.24) is 10.2 Å². The highest BCUT2D eigenvalue weighted by Crippen LogP contribution is 2.29. The van der Waals surface area contributed by atoms with Gasteiger partial charge < -0.3 is 15.0 Å². The molecular weight excluding hydrogens is 328 g/mol. The van der Waals surface area contributed by atoms with E-state index in [0.717, 1.165) is 16.1 Å². The molecule has 2 unspecified atom stereocenters. The minimum absolute atomic E-state index is 0.349. The summed E-state index contributed by atoms with van der Waals surface area (Å²) in [5.74, 6) is 1.67. The number of nitrogens with zero attached hydrogens (tertiary/aromatic N) is 1. The topological polar surface area (TPSA) is 24.5 Å². The summed E-state index contributed by atoms with van der Waals surface area (Å²) in [6.45, 7) is 7.00. The molecule has 3 nitrogen and oxygen atoms in total. The van der Waals surface area contributed by atoms with Gasteiger partial charge >= 0.3 is 0 Å². The second-order valence-electron chi connectivity index (χ2n) is 6.21. The van der Waals surface area contributed by atoms with Crippen LogP contribution < -0.4 is 10.1 Å². The van der Waals surface area contributed by atoms with Gasteiger partial charge in [-0.1, -0.05) is 6.07 Å². The highest BCUT2D eigenvalue weighted by Gasteiger charge is 2.23. The van der Waals surface area contributed by atoms with Gasteiger partial charge in [0.2, 0.25) is 0 Å². The van der Waals surface area contributed by atoms with Crippen LogP contribution in [0.15, 0.2) is 22.7 Å². The zero-order valence-corrected chi connectivity index (χ0v) is 15.1. The van der Waals surface area contributed by atoms with Gasteiger partial charge in [-0.3, -0.25) is 0 Å². The Bertz CT molecular complexity index is 458. The highest BCUT2D eigenvalue weighted by molar-refractivity contribution is 9.10. The first-order chi connectivity index (χ1) is 10.0. The average Bonchev–Trinajstić information content (AvgIpc) is 2.47. The van der Waals surface area contributed by atoms with Crippen molar-refractivity contribution in [2.45, 2.75) is 38.8 Å². The number of rotatable bonds is 5. The van der Waals surface area contributed by atoms with Gasteiger partial charge in [-0.25, -0.2) is 0 Å². The van der Waals surface area contributed by atoms with Crippen molar-refractivity contribution in [3.05, 3.63) is 28.2 Å². The molecule has 1 saturated heterocycles. The predicted octanol–water partition coefficient (Wildman–Crippen LogP) is 3.84. The number of halogens is 1. The van der Waals surface area contributed by atoms with E-state index in [1.165, 1.54) is 31.5 Å². The lowest BCUT2D eigenvalue weighted by Crippen LogP contribution is -2.41. The maximum Gasteiger partial charge on any atom is 0.133 e. The van der Waals surface area contributed by atoms with Crippen LogP contribution in [0.4, 0.5) is 0 Å². The van der Waals surface area contributed by atoms with Gasteiger partial charge in [-0.05, 0) is 86.4 Å². The third-order valence-electron chi connectivity index (χ3n) is 4.66. The van der Waals surface area contributed by atoms with Crippen molar-refractivity contribution in [2.75, 3.05) is 27.2 Å². The van der Waals surface area contributed by atoms with Crippen LogP contribution in [0.3, 0.4) is 0 Å². The van der Waals surface area contributed by atoms with Gasteiger partial charge in [-0.15, -0.1) is 0 Å². The fourth-order valence-corrected chi connectivity index (χ4v) is 3.67. The van der Waals surface area contributed by atoms with E-state index in [1.807, 2.05) is 6.07 Å². The summed E-state index contributed by atoms with van der Waals surface area (Å²) >= 11 is 3.57. The van der Waals surface area contributed by atoms with Crippen molar-refractivity contribution < 1.29 is 4.74 Å². The largest absolute Gasteiger partial charge is 0.496 e. The number of piperidine rings is 1. The summed E-state index contributed by atoms with van der Waals surface area (Å²) < 4.78 is 6.31. The first-order valence-electron chi connectivity index (χ1n) is 7.79. The Morgan fingerprint density at radius 3 is 2.52 bits per heavy atom. The van der Waals surface area contributed by atoms with E-state index < -0.39 is 0 Å². The van der Waals surface area contributed by atoms with Gasteiger partial charge in [0, 0.05) is 12.1 Å². The number of ether oxygens (including phenoxy) is 1. The molecule has 4 heteroatoms. The fourth-order valence-electron chi connectivity index (χ4n) is 3.11. The number of methoxy groups -OCH3 is 1. The first kappa shape index (κ1) is 16.8. The van der Waals surface area contributed by atoms with E-state index in [9.17, 15) is 0 Å². The van der Waals surface area contributed by atoms with Crippen LogP contribution in [0.2, 0.25) is 0 Å². The summed E-state index contributed by atoms with van der Waals surface area (Å²) in [7, 11) is 3.91. The smallest absolute Gasteiger partial charge is 0.133 e. The maximum absolute atomic E-state index is 5.29. The summed E-state index contributed by atoms with van der Waals surface area (Å²) in [6, 6.07) is 7.22. The third-order valence-corrected chi connectivity index (χ3v) is 5.28. The van der Waals surface area contributed by atoms with Crippen LogP contribution in [-0.4, -0.2) is 38.2 Å². The number of benzene rings is 1. The Morgan fingerprint density at radius 2 is 1.95 bits per heavy atom. The summed E-state index contributed by atoms with van der Waals surface area (Å²) in [5, 5.41) is 3.77. The monoisotopic (exact) mass is 354 g/mol. The Kier molecular flexibility index (Phi) is 6.08. The lowest BCUT2D eigenvalue weighted by molar-refractivity contribution is 0.185. The van der Waals surface area contributed by atoms with Crippen LogP contribution in [0.5, 0.6) is 5.75 Å². The van der Waals surface area contributed by atoms with Crippen molar-refractivity contribution >= 4 is 15.9 Å². The predicted molar refractivity (Wildman–Crippen MR) is 91.9 cm³/mol. The van der Waals surface area contributed by atoms with E-state index in [0.29, 0.717) is 12.1 Å². The molecule has 1 aromatic rings. The number of hydrogen-bond acceptors (Lipinski definition) is 3. The third kappa shape index (κ3) is 4.44. The van der Waals surface area contributed by atoms with Crippen molar-refractivity contribution in [3.63, 3.8) is 0 Å². The molecule has 2 rings (SSSR count). The molecule has 1 N–H and O–H groups in total. The second kappa shape index (κ2) is 7.61. The molecule has 118 valence electrons. The van der Waals surface area contributed by atoms with E-state index in [4.69, 9.17) is 4.74 Å². The normalized spacial score (nSPS) is 20.2. The Hall–Kier alpha value is -0.580. The Morgan fingerprint density at radius 1 is 1.29 bits per heavy atom. The van der Waals surface area contributed by atoms with Crippen LogP contribution >= 0.6 is 15.9 Å². The quantitative estimate of drug-likeness (QED) is 0.869. The lowest BCUT2D eigenvalue weighted by Gasteiger charge is -2.34. The molecule has 1 aliphatic rings. The summed E-state index contributed by atoms with van der Waals surface area (Å²) in [4.78, 5) is 2.42. The molecule has 0 bridgehead atoms. The van der Waals surface area contributed by atoms with Crippen molar-refractivity contribution in [2.24, 2.45) is 5.92 Å². The minimum atomic E-state index is 0.349. The highest BCUT2D eigenvalue weighted by atomic mass is 79.9. The molecule has 0 aliphatic carbocycles. The maximum atomic E-state index is 5.29. The van der Waals surface area contributed by atoms with Crippen LogP contribution in [-0.2, 0) is 0 Å². The zero-order valence-electron chi connectivity index (χ0n) is 13.5. The number of hydrogen-bond donors (Lipinski definition) is 1. The van der Waals surface area contributed by atoms with Crippen LogP contribution in [0, 0.1) is 5.92 Å². The van der Waals surface area contributed by atoms with E-state index in [1.54, 1.807) is 7.11 Å². The average molecular weight is 355 g/mol. The molecule has 0 amide bonds.